The second kappa shape index (κ2) is 23.1. The normalized spacial score (nSPS) is 18.5. The van der Waals surface area contributed by atoms with Crippen LogP contribution in [0.1, 0.15) is 175 Å². The minimum Gasteiger partial charge on any atom is -0.481 e. The number of thioether (sulfide) groups is 1. The number of aliphatic carboxylic acids is 1. The molecule has 0 amide bonds. The maximum atomic E-state index is 13.6. The van der Waals surface area contributed by atoms with Gasteiger partial charge in [0, 0.05) is 10.5 Å². The smallest absolute Gasteiger partial charge is 0.312 e. The Balaban J connectivity index is 0. The van der Waals surface area contributed by atoms with Crippen molar-refractivity contribution in [1.82, 2.24) is 0 Å². The maximum absolute atomic E-state index is 13.6. The van der Waals surface area contributed by atoms with Crippen LogP contribution in [-0.2, 0) is 33.4 Å². The molecule has 1 rings (SSSR count). The zero-order valence-electron chi connectivity index (χ0n) is 36.0. The molecule has 302 valence electrons. The van der Waals surface area contributed by atoms with E-state index < -0.39 is 52.6 Å². The Bertz CT molecular complexity index is 1030. The summed E-state index contributed by atoms with van der Waals surface area (Å²) in [6.07, 6.45) is 5.89. The van der Waals surface area contributed by atoms with Crippen LogP contribution in [0.5, 0.6) is 0 Å². The topological polar surface area (TPSA) is 116 Å². The van der Waals surface area contributed by atoms with E-state index in [1.807, 2.05) is 27.7 Å². The highest BCUT2D eigenvalue weighted by atomic mass is 32.2. The molecular weight excluding hydrogens is 665 g/mol. The lowest BCUT2D eigenvalue weighted by atomic mass is 9.61. The largest absolute Gasteiger partial charge is 0.481 e. The van der Waals surface area contributed by atoms with E-state index in [2.05, 4.69) is 90.0 Å². The van der Waals surface area contributed by atoms with Crippen LogP contribution in [-0.4, -0.2) is 58.8 Å². The first kappa shape index (κ1) is 51.3. The summed E-state index contributed by atoms with van der Waals surface area (Å²) in [5.74, 6) is -3.12. The number of rotatable bonds is 16. The number of carbonyl (C=O) groups is 4. The Hall–Kier alpha value is -1.77. The van der Waals surface area contributed by atoms with Crippen LogP contribution < -0.4 is 0 Å². The highest BCUT2D eigenvalue weighted by Crippen LogP contribution is 2.48. The van der Waals surface area contributed by atoms with Gasteiger partial charge in [0.2, 0.25) is 0 Å². The Morgan fingerprint density at radius 3 is 1.65 bits per heavy atom. The van der Waals surface area contributed by atoms with Crippen molar-refractivity contribution < 1.29 is 38.5 Å². The molecule has 0 aliphatic heterocycles. The van der Waals surface area contributed by atoms with Crippen molar-refractivity contribution in [3.8, 4) is 0 Å². The van der Waals surface area contributed by atoms with E-state index in [4.69, 9.17) is 14.2 Å². The quantitative estimate of drug-likeness (QED) is 0.122. The van der Waals surface area contributed by atoms with Crippen molar-refractivity contribution in [2.45, 2.75) is 186 Å². The van der Waals surface area contributed by atoms with Gasteiger partial charge in [-0.15, -0.1) is 0 Å². The average molecular weight is 745 g/mol. The summed E-state index contributed by atoms with van der Waals surface area (Å²) in [5.41, 5.74) is -1.34. The molecule has 0 bridgehead atoms. The number of carboxylic acid groups (broad SMARTS) is 1. The highest BCUT2D eigenvalue weighted by molar-refractivity contribution is 8.00. The zero-order valence-corrected chi connectivity index (χ0v) is 36.8. The van der Waals surface area contributed by atoms with Gasteiger partial charge >= 0.3 is 23.9 Å². The van der Waals surface area contributed by atoms with Gasteiger partial charge in [0.05, 0.1) is 23.7 Å². The Kier molecular flexibility index (Phi) is 23.3. The summed E-state index contributed by atoms with van der Waals surface area (Å²) >= 11 is 1.72. The lowest BCUT2D eigenvalue weighted by Gasteiger charge is -2.44. The number of carbonyl (C=O) groups excluding carboxylic acids is 3. The van der Waals surface area contributed by atoms with Gasteiger partial charge in [-0.05, 0) is 48.3 Å². The van der Waals surface area contributed by atoms with Gasteiger partial charge in [0.15, 0.2) is 6.10 Å². The van der Waals surface area contributed by atoms with Gasteiger partial charge in [0.1, 0.15) is 13.2 Å². The zero-order chi connectivity index (χ0) is 40.4. The molecule has 1 aliphatic carbocycles. The van der Waals surface area contributed by atoms with Crippen molar-refractivity contribution in [1.29, 1.82) is 0 Å². The fourth-order valence-corrected chi connectivity index (χ4v) is 7.02. The van der Waals surface area contributed by atoms with Crippen LogP contribution in [0.15, 0.2) is 0 Å². The molecule has 4 atom stereocenters. The van der Waals surface area contributed by atoms with Gasteiger partial charge in [-0.2, -0.15) is 11.8 Å². The molecule has 1 N–H and O–H groups in total. The molecule has 1 saturated carbocycles. The Labute approximate surface area is 318 Å². The molecule has 0 aromatic rings. The molecule has 1 aliphatic rings. The van der Waals surface area contributed by atoms with E-state index in [0.29, 0.717) is 30.9 Å². The van der Waals surface area contributed by atoms with E-state index in [-0.39, 0.29) is 35.2 Å². The molecule has 8 nitrogen and oxygen atoms in total. The predicted molar refractivity (Wildman–Crippen MR) is 213 cm³/mol. The van der Waals surface area contributed by atoms with E-state index in [0.717, 1.165) is 12.8 Å². The summed E-state index contributed by atoms with van der Waals surface area (Å²) in [5, 5.41) is 9.67. The van der Waals surface area contributed by atoms with Crippen LogP contribution in [0.2, 0.25) is 0 Å². The van der Waals surface area contributed by atoms with E-state index in [1.54, 1.807) is 11.8 Å². The lowest BCUT2D eigenvalue weighted by Crippen LogP contribution is -2.45. The Morgan fingerprint density at radius 2 is 1.24 bits per heavy atom. The number of hydrogen-bond acceptors (Lipinski definition) is 8. The average Bonchev–Trinajstić information content (AvgIpc) is 3.00. The molecule has 0 aromatic carbocycles. The molecule has 1 fully saturated rings. The summed E-state index contributed by atoms with van der Waals surface area (Å²) in [7, 11) is 0. The van der Waals surface area contributed by atoms with Crippen LogP contribution in [0.3, 0.4) is 0 Å². The minimum atomic E-state index is -1.05. The first-order chi connectivity index (χ1) is 23.2. The number of ether oxygens (including phenoxy) is 3. The monoisotopic (exact) mass is 745 g/mol. The molecule has 4 unspecified atom stereocenters. The van der Waals surface area contributed by atoms with Crippen molar-refractivity contribution in [2.75, 3.05) is 19.0 Å². The van der Waals surface area contributed by atoms with E-state index >= 15 is 0 Å². The third kappa shape index (κ3) is 18.2. The van der Waals surface area contributed by atoms with E-state index in [9.17, 15) is 24.3 Å². The first-order valence-corrected chi connectivity index (χ1v) is 20.6. The summed E-state index contributed by atoms with van der Waals surface area (Å²) in [6.45, 7) is 35.4. The summed E-state index contributed by atoms with van der Waals surface area (Å²) in [6, 6.07) is 0. The second-order valence-corrected chi connectivity index (χ2v) is 19.9. The minimum absolute atomic E-state index is 0.0478. The van der Waals surface area contributed by atoms with Gasteiger partial charge in [-0.25, -0.2) is 0 Å². The lowest BCUT2D eigenvalue weighted by molar-refractivity contribution is -0.179. The molecule has 0 spiro atoms. The predicted octanol–water partition coefficient (Wildman–Crippen LogP) is 11.2. The van der Waals surface area contributed by atoms with Crippen LogP contribution in [0.4, 0.5) is 0 Å². The van der Waals surface area contributed by atoms with Gasteiger partial charge in [-0.1, -0.05) is 143 Å². The van der Waals surface area contributed by atoms with Gasteiger partial charge < -0.3 is 19.3 Å². The number of unbranched alkanes of at least 4 members (excludes halogenated alkanes) is 1. The van der Waals surface area contributed by atoms with Crippen LogP contribution >= 0.6 is 11.8 Å². The number of esters is 3. The molecule has 0 heterocycles. The van der Waals surface area contributed by atoms with Crippen LogP contribution in [0, 0.1) is 39.4 Å². The highest BCUT2D eigenvalue weighted by Gasteiger charge is 2.48. The van der Waals surface area contributed by atoms with Crippen molar-refractivity contribution in [3.63, 3.8) is 0 Å². The summed E-state index contributed by atoms with van der Waals surface area (Å²) < 4.78 is 17.0. The Morgan fingerprint density at radius 1 is 0.765 bits per heavy atom. The third-order valence-corrected chi connectivity index (χ3v) is 12.4. The van der Waals surface area contributed by atoms with Crippen molar-refractivity contribution in [3.05, 3.63) is 0 Å². The van der Waals surface area contributed by atoms with Crippen molar-refractivity contribution >= 4 is 35.6 Å². The fraction of sp³-hybridized carbons (Fsp3) is 0.905. The summed E-state index contributed by atoms with van der Waals surface area (Å²) in [4.78, 5) is 51.4. The number of hydrogen-bond donors (Lipinski definition) is 1. The molecule has 0 aromatic heterocycles. The molecule has 9 heteroatoms. The first-order valence-electron chi connectivity index (χ1n) is 19.6. The molecular formula is C42H80O8S. The standard InChI is InChI=1S/C35H62O8S.C4H10.C3H8/c1-23(2)33(9,10)34(11,12)44-19-18-27(36)41-20-24(43-29(39)26-17-15-14-16-25(26)28(37)38)21-42-30(40)35(13,32(6,7)8)22-31(3,4)5;1-3-4-2;1-3-2/h23-26H,14-22H2,1-13H3,(H,37,38);3-4H2,1-2H3;3H2,1-2H3. The molecule has 51 heavy (non-hydrogen) atoms. The molecule has 0 radical (unpaired) electrons. The molecule has 0 saturated heterocycles. The third-order valence-electron chi connectivity index (χ3n) is 10.8. The van der Waals surface area contributed by atoms with Gasteiger partial charge in [0.25, 0.3) is 0 Å². The number of carboxylic acids is 1. The fourth-order valence-electron chi connectivity index (χ4n) is 5.64. The van der Waals surface area contributed by atoms with Crippen molar-refractivity contribution in [2.24, 2.45) is 39.4 Å². The second-order valence-electron chi connectivity index (χ2n) is 18.2. The maximum Gasteiger partial charge on any atom is 0.312 e. The van der Waals surface area contributed by atoms with Gasteiger partial charge in [-0.3, -0.25) is 19.2 Å². The van der Waals surface area contributed by atoms with E-state index in [1.165, 1.54) is 19.3 Å². The SMILES string of the molecule is CC(C)C(C)(C)C(C)(C)SCCC(=O)OCC(COC(=O)C(C)(CC(C)(C)C)C(C)(C)C)OC(=O)C1CCCCC1C(=O)O.CCC.CCCC. The van der Waals surface area contributed by atoms with Crippen LogP contribution in [0.25, 0.3) is 0 Å².